The minimum Gasteiger partial charge on any atom is -0.365 e. The van der Waals surface area contributed by atoms with Crippen LogP contribution in [0.2, 0.25) is 0 Å². The third-order valence-electron chi connectivity index (χ3n) is 6.68. The summed E-state index contributed by atoms with van der Waals surface area (Å²) in [6.07, 6.45) is 5.48. The van der Waals surface area contributed by atoms with Crippen molar-refractivity contribution in [3.05, 3.63) is 91.6 Å². The van der Waals surface area contributed by atoms with Crippen molar-refractivity contribution < 1.29 is 0 Å². The van der Waals surface area contributed by atoms with Gasteiger partial charge in [0.2, 0.25) is 0 Å². The van der Waals surface area contributed by atoms with Crippen molar-refractivity contribution in [2.45, 2.75) is 33.9 Å². The summed E-state index contributed by atoms with van der Waals surface area (Å²) in [6, 6.07) is 7.91. The fourth-order valence-electron chi connectivity index (χ4n) is 4.38. The first kappa shape index (κ1) is 21.7. The molecule has 0 unspecified atom stereocenters. The smallest absolute Gasteiger partial charge is 0.332 e. The first-order chi connectivity index (χ1) is 16.3. The number of benzene rings is 1. The number of fused-ring (bicyclic) bond motifs is 1. The van der Waals surface area contributed by atoms with E-state index in [9.17, 15) is 9.59 Å². The minimum absolute atomic E-state index is 0.315. The second-order valence-electron chi connectivity index (χ2n) is 8.79. The van der Waals surface area contributed by atoms with Crippen LogP contribution < -0.4 is 11.2 Å². The standard InChI is InChI=1S/C25H27N7O2/c1-15-8-6-7-9-18(15)13-31-22-20(24(33)30(5)25(31)34)21(23-26-10-11-29(23)4)32(28-22)14-19-12-27-17(3)16(19)2/h6-12,27H,13-14H2,1-5H3. The van der Waals surface area contributed by atoms with Gasteiger partial charge in [0.15, 0.2) is 11.5 Å². The second kappa shape index (κ2) is 8.02. The maximum absolute atomic E-state index is 13.4. The van der Waals surface area contributed by atoms with Gasteiger partial charge in [-0.15, -0.1) is 0 Å². The van der Waals surface area contributed by atoms with E-state index in [4.69, 9.17) is 5.10 Å². The molecule has 0 aliphatic carbocycles. The maximum Gasteiger partial charge on any atom is 0.332 e. The lowest BCUT2D eigenvalue weighted by molar-refractivity contribution is 0.648. The zero-order valence-corrected chi connectivity index (χ0v) is 20.0. The van der Waals surface area contributed by atoms with Gasteiger partial charge < -0.3 is 9.55 Å². The third-order valence-corrected chi connectivity index (χ3v) is 6.68. The molecule has 1 N–H and O–H groups in total. The van der Waals surface area contributed by atoms with Crippen molar-refractivity contribution in [2.24, 2.45) is 14.1 Å². The Morgan fingerprint density at radius 2 is 1.76 bits per heavy atom. The molecule has 0 radical (unpaired) electrons. The Bertz CT molecular complexity index is 1660. The van der Waals surface area contributed by atoms with Crippen LogP contribution in [0.15, 0.2) is 52.4 Å². The lowest BCUT2D eigenvalue weighted by Gasteiger charge is -2.11. The van der Waals surface area contributed by atoms with Gasteiger partial charge in [-0.25, -0.2) is 9.78 Å². The molecule has 0 amide bonds. The molecular formula is C25H27N7O2. The number of hydrogen-bond donors (Lipinski definition) is 1. The summed E-state index contributed by atoms with van der Waals surface area (Å²) in [6.45, 7) is 6.84. The molecule has 34 heavy (non-hydrogen) atoms. The second-order valence-corrected chi connectivity index (χ2v) is 8.79. The average molecular weight is 458 g/mol. The number of H-pyrrole nitrogens is 1. The summed E-state index contributed by atoms with van der Waals surface area (Å²) in [5, 5.41) is 5.23. The zero-order chi connectivity index (χ0) is 24.1. The molecule has 0 atom stereocenters. The number of rotatable bonds is 5. The van der Waals surface area contributed by atoms with Crippen LogP contribution in [-0.2, 0) is 27.2 Å². The number of aromatic nitrogens is 7. The fraction of sp³-hybridized carbons (Fsp3) is 0.280. The molecule has 1 aromatic carbocycles. The molecule has 174 valence electrons. The largest absolute Gasteiger partial charge is 0.365 e. The van der Waals surface area contributed by atoms with E-state index in [1.54, 1.807) is 15.4 Å². The molecule has 5 aromatic rings. The molecule has 0 aliphatic heterocycles. The van der Waals surface area contributed by atoms with Crippen molar-refractivity contribution in [1.82, 2.24) is 33.4 Å². The van der Waals surface area contributed by atoms with E-state index >= 15 is 0 Å². The van der Waals surface area contributed by atoms with Gasteiger partial charge in [0.1, 0.15) is 11.1 Å². The summed E-state index contributed by atoms with van der Waals surface area (Å²) in [4.78, 5) is 34.5. The normalized spacial score (nSPS) is 11.6. The molecule has 9 heteroatoms. The number of hydrogen-bond acceptors (Lipinski definition) is 4. The highest BCUT2D eigenvalue weighted by Gasteiger charge is 2.25. The van der Waals surface area contributed by atoms with Crippen molar-refractivity contribution >= 4 is 11.0 Å². The lowest BCUT2D eigenvalue weighted by atomic mass is 10.1. The Hall–Kier alpha value is -4.14. The SMILES string of the molecule is Cc1ccccc1Cn1c(=O)n(C)c(=O)c2c(-c3nccn3C)n(Cc3c[nH]c(C)c3C)nc21. The molecule has 4 aromatic heterocycles. The number of imidazole rings is 1. The van der Waals surface area contributed by atoms with Crippen LogP contribution in [0.3, 0.4) is 0 Å². The summed E-state index contributed by atoms with van der Waals surface area (Å²) < 4.78 is 6.39. The molecule has 9 nitrogen and oxygen atoms in total. The Labute approximate surface area is 195 Å². The molecule has 5 rings (SSSR count). The van der Waals surface area contributed by atoms with E-state index in [1.165, 1.54) is 7.05 Å². The monoisotopic (exact) mass is 457 g/mol. The first-order valence-electron chi connectivity index (χ1n) is 11.1. The van der Waals surface area contributed by atoms with Crippen LogP contribution in [0.1, 0.15) is 27.9 Å². The molecule has 0 fully saturated rings. The number of nitrogens with one attached hydrogen (secondary N) is 1. The Morgan fingerprint density at radius 1 is 1.00 bits per heavy atom. The quantitative estimate of drug-likeness (QED) is 0.439. The average Bonchev–Trinajstić information content (AvgIpc) is 3.49. The Kier molecular flexibility index (Phi) is 5.11. The van der Waals surface area contributed by atoms with Crippen LogP contribution in [0.5, 0.6) is 0 Å². The molecule has 4 heterocycles. The molecular weight excluding hydrogens is 430 g/mol. The van der Waals surface area contributed by atoms with Gasteiger partial charge in [-0.05, 0) is 43.0 Å². The molecule has 0 saturated heterocycles. The predicted molar refractivity (Wildman–Crippen MR) is 131 cm³/mol. The van der Waals surface area contributed by atoms with Gasteiger partial charge in [0, 0.05) is 38.4 Å². The summed E-state index contributed by atoms with van der Waals surface area (Å²) in [5.41, 5.74) is 5.52. The van der Waals surface area contributed by atoms with Crippen molar-refractivity contribution in [3.8, 4) is 11.5 Å². The number of aryl methyl sites for hydroxylation is 3. The number of aromatic amines is 1. The van der Waals surface area contributed by atoms with Gasteiger partial charge in [-0.3, -0.25) is 18.6 Å². The van der Waals surface area contributed by atoms with Crippen LogP contribution in [0.25, 0.3) is 22.6 Å². The summed E-state index contributed by atoms with van der Waals surface area (Å²) in [7, 11) is 3.39. The van der Waals surface area contributed by atoms with Crippen LogP contribution >= 0.6 is 0 Å². The highest BCUT2D eigenvalue weighted by atomic mass is 16.2. The summed E-state index contributed by atoms with van der Waals surface area (Å²) >= 11 is 0. The van der Waals surface area contributed by atoms with E-state index in [2.05, 4.69) is 16.9 Å². The molecule has 0 aliphatic rings. The lowest BCUT2D eigenvalue weighted by Crippen LogP contribution is -2.38. The molecule has 0 spiro atoms. The topological polar surface area (TPSA) is 95.4 Å². The van der Waals surface area contributed by atoms with E-state index < -0.39 is 5.69 Å². The predicted octanol–water partition coefficient (Wildman–Crippen LogP) is 2.65. The van der Waals surface area contributed by atoms with E-state index in [0.717, 1.165) is 32.5 Å². The van der Waals surface area contributed by atoms with E-state index in [1.807, 2.05) is 62.1 Å². The Balaban J connectivity index is 1.83. The first-order valence-corrected chi connectivity index (χ1v) is 11.1. The molecule has 0 bridgehead atoms. The van der Waals surface area contributed by atoms with E-state index in [-0.39, 0.29) is 5.56 Å². The van der Waals surface area contributed by atoms with E-state index in [0.29, 0.717) is 35.6 Å². The van der Waals surface area contributed by atoms with Crippen LogP contribution in [0.4, 0.5) is 0 Å². The third kappa shape index (κ3) is 3.32. The Morgan fingerprint density at radius 3 is 2.41 bits per heavy atom. The highest BCUT2D eigenvalue weighted by Crippen LogP contribution is 2.27. The van der Waals surface area contributed by atoms with Crippen molar-refractivity contribution in [2.75, 3.05) is 0 Å². The van der Waals surface area contributed by atoms with Gasteiger partial charge >= 0.3 is 5.69 Å². The highest BCUT2D eigenvalue weighted by molar-refractivity contribution is 5.89. The van der Waals surface area contributed by atoms with Gasteiger partial charge in [0.25, 0.3) is 5.56 Å². The van der Waals surface area contributed by atoms with Crippen molar-refractivity contribution in [3.63, 3.8) is 0 Å². The van der Waals surface area contributed by atoms with Crippen LogP contribution in [-0.4, -0.2) is 33.4 Å². The summed E-state index contributed by atoms with van der Waals surface area (Å²) in [5.74, 6) is 0.616. The molecule has 0 saturated carbocycles. The number of nitrogens with zero attached hydrogens (tertiary/aromatic N) is 6. The minimum atomic E-state index is -0.398. The van der Waals surface area contributed by atoms with Gasteiger partial charge in [0.05, 0.1) is 13.1 Å². The fourth-order valence-corrected chi connectivity index (χ4v) is 4.38. The zero-order valence-electron chi connectivity index (χ0n) is 20.0. The van der Waals surface area contributed by atoms with Gasteiger partial charge in [-0.1, -0.05) is 24.3 Å². The van der Waals surface area contributed by atoms with Gasteiger partial charge in [-0.2, -0.15) is 5.10 Å². The van der Waals surface area contributed by atoms with Crippen LogP contribution in [0, 0.1) is 20.8 Å². The van der Waals surface area contributed by atoms with Crippen molar-refractivity contribution in [1.29, 1.82) is 0 Å². The maximum atomic E-state index is 13.4.